The molecule has 0 saturated heterocycles. The predicted molar refractivity (Wildman–Crippen MR) is 63.3 cm³/mol. The normalized spacial score (nSPS) is 12.0. The maximum absolute atomic E-state index is 12.3. The summed E-state index contributed by atoms with van der Waals surface area (Å²) in [6.45, 7) is 7.24. The first-order valence-corrected chi connectivity index (χ1v) is 5.29. The van der Waals surface area contributed by atoms with Crippen LogP contribution in [0.4, 0.5) is 0 Å². The van der Waals surface area contributed by atoms with Crippen molar-refractivity contribution in [2.24, 2.45) is 0 Å². The number of aromatic nitrogens is 4. The Kier molecular flexibility index (Phi) is 2.38. The molecule has 0 aromatic carbocycles. The number of fused-ring (bicyclic) bond motifs is 1. The lowest BCUT2D eigenvalue weighted by molar-refractivity contribution is 0.336. The standard InChI is InChI=1S/C11H14N4O2/c1-7-8-10(17)15(11(2,3)4)13-6-14(8)5-12-9(7)16/h5-6H,1-4H3. The molecule has 2 heterocycles. The first kappa shape index (κ1) is 11.5. The van der Waals surface area contributed by atoms with E-state index in [0.29, 0.717) is 11.1 Å². The van der Waals surface area contributed by atoms with Gasteiger partial charge in [0.2, 0.25) is 0 Å². The molecule has 0 saturated carbocycles. The van der Waals surface area contributed by atoms with E-state index in [0.717, 1.165) is 0 Å². The molecule has 0 N–H and O–H groups in total. The summed E-state index contributed by atoms with van der Waals surface area (Å²) >= 11 is 0. The average Bonchev–Trinajstić information content (AvgIpc) is 2.22. The first-order valence-electron chi connectivity index (χ1n) is 5.29. The zero-order valence-corrected chi connectivity index (χ0v) is 10.3. The van der Waals surface area contributed by atoms with Crippen LogP contribution in [0.25, 0.3) is 5.52 Å². The molecule has 17 heavy (non-hydrogen) atoms. The molecule has 0 fully saturated rings. The van der Waals surface area contributed by atoms with Crippen molar-refractivity contribution in [1.82, 2.24) is 19.2 Å². The number of hydrogen-bond acceptors (Lipinski definition) is 4. The van der Waals surface area contributed by atoms with E-state index < -0.39 is 5.54 Å². The molecular weight excluding hydrogens is 220 g/mol. The molecule has 0 amide bonds. The third kappa shape index (κ3) is 1.75. The molecule has 90 valence electrons. The summed E-state index contributed by atoms with van der Waals surface area (Å²) in [6.07, 6.45) is 2.80. The van der Waals surface area contributed by atoms with E-state index in [9.17, 15) is 9.59 Å². The van der Waals surface area contributed by atoms with Crippen LogP contribution in [0.3, 0.4) is 0 Å². The summed E-state index contributed by atoms with van der Waals surface area (Å²) in [4.78, 5) is 27.4. The molecule has 2 aromatic heterocycles. The van der Waals surface area contributed by atoms with Gasteiger partial charge in [-0.3, -0.25) is 14.0 Å². The molecule has 6 heteroatoms. The van der Waals surface area contributed by atoms with Crippen molar-refractivity contribution in [3.63, 3.8) is 0 Å². The summed E-state index contributed by atoms with van der Waals surface area (Å²) < 4.78 is 2.84. The van der Waals surface area contributed by atoms with Crippen LogP contribution in [-0.2, 0) is 5.54 Å². The Morgan fingerprint density at radius 1 is 1.18 bits per heavy atom. The molecule has 0 atom stereocenters. The van der Waals surface area contributed by atoms with Gasteiger partial charge in [-0.1, -0.05) is 0 Å². The van der Waals surface area contributed by atoms with Crippen LogP contribution in [0, 0.1) is 6.92 Å². The van der Waals surface area contributed by atoms with Gasteiger partial charge in [-0.2, -0.15) is 10.1 Å². The van der Waals surface area contributed by atoms with Gasteiger partial charge in [0.25, 0.3) is 11.1 Å². The Morgan fingerprint density at radius 3 is 2.41 bits per heavy atom. The zero-order valence-electron chi connectivity index (χ0n) is 10.3. The Bertz CT molecular complexity index is 691. The highest BCUT2D eigenvalue weighted by Gasteiger charge is 2.18. The maximum Gasteiger partial charge on any atom is 0.292 e. The van der Waals surface area contributed by atoms with Gasteiger partial charge in [0.1, 0.15) is 18.2 Å². The maximum atomic E-state index is 12.3. The van der Waals surface area contributed by atoms with Gasteiger partial charge in [-0.05, 0) is 27.7 Å². The van der Waals surface area contributed by atoms with E-state index in [1.165, 1.54) is 21.7 Å². The summed E-state index contributed by atoms with van der Waals surface area (Å²) in [5.74, 6) is 0. The Morgan fingerprint density at radius 2 is 1.82 bits per heavy atom. The van der Waals surface area contributed by atoms with Crippen molar-refractivity contribution in [1.29, 1.82) is 0 Å². The highest BCUT2D eigenvalue weighted by atomic mass is 16.1. The average molecular weight is 234 g/mol. The number of hydrogen-bond donors (Lipinski definition) is 0. The number of nitrogens with zero attached hydrogens (tertiary/aromatic N) is 4. The van der Waals surface area contributed by atoms with Gasteiger partial charge in [0.05, 0.1) is 5.54 Å². The number of rotatable bonds is 0. The topological polar surface area (TPSA) is 69.3 Å². The van der Waals surface area contributed by atoms with Crippen LogP contribution >= 0.6 is 0 Å². The first-order chi connectivity index (χ1) is 7.82. The van der Waals surface area contributed by atoms with E-state index in [2.05, 4.69) is 10.1 Å². The van der Waals surface area contributed by atoms with Crippen molar-refractivity contribution < 1.29 is 0 Å². The summed E-state index contributed by atoms with van der Waals surface area (Å²) in [7, 11) is 0. The Labute approximate surface area is 97.5 Å². The van der Waals surface area contributed by atoms with Gasteiger partial charge in [-0.15, -0.1) is 0 Å². The summed E-state index contributed by atoms with van der Waals surface area (Å²) in [5.41, 5.74) is -0.413. The second-order valence-corrected chi connectivity index (χ2v) is 4.95. The fraction of sp³-hybridized carbons (Fsp3) is 0.455. The largest absolute Gasteiger partial charge is 0.292 e. The van der Waals surface area contributed by atoms with Crippen LogP contribution in [-0.4, -0.2) is 19.2 Å². The Hall–Kier alpha value is -1.98. The van der Waals surface area contributed by atoms with Crippen molar-refractivity contribution in [2.45, 2.75) is 33.2 Å². The van der Waals surface area contributed by atoms with Gasteiger partial charge < -0.3 is 0 Å². The third-order valence-electron chi connectivity index (χ3n) is 2.56. The van der Waals surface area contributed by atoms with Crippen LogP contribution in [0.5, 0.6) is 0 Å². The van der Waals surface area contributed by atoms with Crippen molar-refractivity contribution in [2.75, 3.05) is 0 Å². The monoisotopic (exact) mass is 234 g/mol. The summed E-state index contributed by atoms with van der Waals surface area (Å²) in [5, 5.41) is 4.07. The molecule has 0 unspecified atom stereocenters. The predicted octanol–water partition coefficient (Wildman–Crippen LogP) is 0.315. The smallest absolute Gasteiger partial charge is 0.284 e. The van der Waals surface area contributed by atoms with E-state index in [4.69, 9.17) is 0 Å². The van der Waals surface area contributed by atoms with E-state index in [1.807, 2.05) is 20.8 Å². The minimum atomic E-state index is -0.426. The van der Waals surface area contributed by atoms with E-state index in [-0.39, 0.29) is 11.1 Å². The lowest BCUT2D eigenvalue weighted by Crippen LogP contribution is -2.38. The molecule has 0 aliphatic carbocycles. The second-order valence-electron chi connectivity index (χ2n) is 4.95. The van der Waals surface area contributed by atoms with Crippen LogP contribution < -0.4 is 11.1 Å². The molecular formula is C11H14N4O2. The molecule has 2 rings (SSSR count). The minimum absolute atomic E-state index is 0.281. The van der Waals surface area contributed by atoms with Gasteiger partial charge in [0.15, 0.2) is 0 Å². The SMILES string of the molecule is Cc1c(=O)ncn2cnn(C(C)(C)C)c(=O)c12. The van der Waals surface area contributed by atoms with Gasteiger partial charge in [0, 0.05) is 5.56 Å². The Balaban J connectivity index is 2.98. The molecule has 2 aromatic rings. The summed E-state index contributed by atoms with van der Waals surface area (Å²) in [6, 6.07) is 0. The number of aryl methyl sites for hydroxylation is 1. The molecule has 0 spiro atoms. The van der Waals surface area contributed by atoms with Crippen molar-refractivity contribution >= 4 is 5.52 Å². The fourth-order valence-electron chi connectivity index (χ4n) is 1.66. The van der Waals surface area contributed by atoms with E-state index in [1.54, 1.807) is 6.92 Å². The van der Waals surface area contributed by atoms with Gasteiger partial charge in [-0.25, -0.2) is 4.68 Å². The third-order valence-corrected chi connectivity index (χ3v) is 2.56. The molecule has 0 radical (unpaired) electrons. The highest BCUT2D eigenvalue weighted by Crippen LogP contribution is 2.09. The van der Waals surface area contributed by atoms with E-state index >= 15 is 0 Å². The molecule has 6 nitrogen and oxygen atoms in total. The lowest BCUT2D eigenvalue weighted by atomic mass is 10.1. The fourth-order valence-corrected chi connectivity index (χ4v) is 1.66. The lowest BCUT2D eigenvalue weighted by Gasteiger charge is -2.20. The zero-order chi connectivity index (χ0) is 12.8. The van der Waals surface area contributed by atoms with Crippen LogP contribution in [0.2, 0.25) is 0 Å². The minimum Gasteiger partial charge on any atom is -0.284 e. The van der Waals surface area contributed by atoms with Crippen LogP contribution in [0.1, 0.15) is 26.3 Å². The van der Waals surface area contributed by atoms with Crippen LogP contribution in [0.15, 0.2) is 22.2 Å². The molecule has 0 bridgehead atoms. The van der Waals surface area contributed by atoms with Crippen molar-refractivity contribution in [3.05, 3.63) is 38.9 Å². The van der Waals surface area contributed by atoms with Gasteiger partial charge >= 0.3 is 0 Å². The molecule has 0 aliphatic heterocycles. The quantitative estimate of drug-likeness (QED) is 0.658. The van der Waals surface area contributed by atoms with Crippen molar-refractivity contribution in [3.8, 4) is 0 Å². The second kappa shape index (κ2) is 3.51. The highest BCUT2D eigenvalue weighted by molar-refractivity contribution is 5.50. The molecule has 0 aliphatic rings.